The third kappa shape index (κ3) is 6.50. The summed E-state index contributed by atoms with van der Waals surface area (Å²) in [6, 6.07) is -1.24. The molecule has 0 radical (unpaired) electrons. The fourth-order valence-electron chi connectivity index (χ4n) is 2.00. The van der Waals surface area contributed by atoms with Crippen LogP contribution in [-0.2, 0) is 4.79 Å². The van der Waals surface area contributed by atoms with Gasteiger partial charge >= 0.3 is 12.0 Å². The standard InChI is InChI=1S/C14H28N2O3S/c1-6-14(7-2,20-5)9-15-13(19)16-11(12(17)18)8-10(3)4/h10-11H,6-9H2,1-5H3,(H,17,18)(H2,15,16,19). The van der Waals surface area contributed by atoms with E-state index in [-0.39, 0.29) is 10.7 Å². The van der Waals surface area contributed by atoms with E-state index in [0.29, 0.717) is 13.0 Å². The van der Waals surface area contributed by atoms with Gasteiger partial charge in [-0.05, 0) is 31.4 Å². The van der Waals surface area contributed by atoms with E-state index in [2.05, 4.69) is 24.5 Å². The number of urea groups is 1. The molecule has 0 saturated carbocycles. The lowest BCUT2D eigenvalue weighted by atomic mass is 10.0. The quantitative estimate of drug-likeness (QED) is 0.612. The van der Waals surface area contributed by atoms with E-state index in [4.69, 9.17) is 5.11 Å². The van der Waals surface area contributed by atoms with Crippen LogP contribution in [0.25, 0.3) is 0 Å². The highest BCUT2D eigenvalue weighted by atomic mass is 32.2. The Morgan fingerprint density at radius 1 is 1.25 bits per heavy atom. The molecule has 0 aliphatic heterocycles. The van der Waals surface area contributed by atoms with Crippen LogP contribution >= 0.6 is 11.8 Å². The van der Waals surface area contributed by atoms with E-state index in [1.807, 2.05) is 20.1 Å². The summed E-state index contributed by atoms with van der Waals surface area (Å²) in [7, 11) is 0. The topological polar surface area (TPSA) is 78.4 Å². The molecule has 1 atom stereocenters. The Labute approximate surface area is 126 Å². The van der Waals surface area contributed by atoms with E-state index < -0.39 is 18.0 Å². The maximum absolute atomic E-state index is 11.8. The van der Waals surface area contributed by atoms with Crippen molar-refractivity contribution in [3.63, 3.8) is 0 Å². The van der Waals surface area contributed by atoms with Crippen molar-refractivity contribution in [2.24, 2.45) is 5.92 Å². The molecule has 0 heterocycles. The van der Waals surface area contributed by atoms with Gasteiger partial charge in [0.05, 0.1) is 0 Å². The number of carboxylic acids is 1. The molecule has 0 aliphatic carbocycles. The van der Waals surface area contributed by atoms with Crippen LogP contribution in [0.2, 0.25) is 0 Å². The highest BCUT2D eigenvalue weighted by Gasteiger charge is 2.26. The van der Waals surface area contributed by atoms with Crippen LogP contribution in [0.1, 0.15) is 47.0 Å². The van der Waals surface area contributed by atoms with Crippen molar-refractivity contribution in [2.75, 3.05) is 12.8 Å². The van der Waals surface area contributed by atoms with Gasteiger partial charge in [0, 0.05) is 11.3 Å². The third-order valence-corrected chi connectivity index (χ3v) is 5.19. The minimum atomic E-state index is -0.990. The number of aliphatic carboxylic acids is 1. The van der Waals surface area contributed by atoms with Gasteiger partial charge in [-0.3, -0.25) is 0 Å². The van der Waals surface area contributed by atoms with Gasteiger partial charge in [0.25, 0.3) is 0 Å². The zero-order chi connectivity index (χ0) is 15.8. The van der Waals surface area contributed by atoms with Crippen molar-refractivity contribution >= 4 is 23.8 Å². The summed E-state index contributed by atoms with van der Waals surface area (Å²) in [5.41, 5.74) is 0. The Balaban J connectivity index is 4.43. The zero-order valence-electron chi connectivity index (χ0n) is 13.2. The monoisotopic (exact) mass is 304 g/mol. The summed E-state index contributed by atoms with van der Waals surface area (Å²) in [5, 5.41) is 14.4. The van der Waals surface area contributed by atoms with Crippen LogP contribution in [0.3, 0.4) is 0 Å². The molecule has 0 aliphatic rings. The van der Waals surface area contributed by atoms with E-state index in [9.17, 15) is 9.59 Å². The summed E-state index contributed by atoms with van der Waals surface area (Å²) in [6.07, 6.45) is 4.38. The summed E-state index contributed by atoms with van der Waals surface area (Å²) in [5.74, 6) is -0.774. The molecule has 0 saturated heterocycles. The second kappa shape index (κ2) is 9.10. The van der Waals surface area contributed by atoms with Crippen LogP contribution < -0.4 is 10.6 Å². The van der Waals surface area contributed by atoms with Gasteiger partial charge < -0.3 is 15.7 Å². The lowest BCUT2D eigenvalue weighted by molar-refractivity contribution is -0.139. The number of amides is 2. The molecule has 1 unspecified atom stereocenters. The number of carboxylic acid groups (broad SMARTS) is 1. The molecule has 0 aromatic heterocycles. The first kappa shape index (κ1) is 19.1. The maximum Gasteiger partial charge on any atom is 0.326 e. The molecule has 0 rings (SSSR count). The Morgan fingerprint density at radius 2 is 1.80 bits per heavy atom. The number of hydrogen-bond donors (Lipinski definition) is 3. The van der Waals surface area contributed by atoms with Gasteiger partial charge in [-0.15, -0.1) is 0 Å². The average Bonchev–Trinajstić information content (AvgIpc) is 2.39. The number of hydrogen-bond acceptors (Lipinski definition) is 3. The highest BCUT2D eigenvalue weighted by Crippen LogP contribution is 2.29. The van der Waals surface area contributed by atoms with Crippen LogP contribution in [-0.4, -0.2) is 40.7 Å². The number of thioether (sulfide) groups is 1. The van der Waals surface area contributed by atoms with Crippen LogP contribution in [0, 0.1) is 5.92 Å². The zero-order valence-corrected chi connectivity index (χ0v) is 14.0. The molecule has 118 valence electrons. The van der Waals surface area contributed by atoms with Crippen LogP contribution in [0.4, 0.5) is 4.79 Å². The second-order valence-electron chi connectivity index (χ2n) is 5.44. The first-order valence-corrected chi connectivity index (χ1v) is 8.35. The van der Waals surface area contributed by atoms with Crippen molar-refractivity contribution in [3.8, 4) is 0 Å². The Kier molecular flexibility index (Phi) is 8.69. The molecule has 0 aromatic carbocycles. The maximum atomic E-state index is 11.8. The molecule has 6 heteroatoms. The predicted octanol–water partition coefficient (Wildman–Crippen LogP) is 2.71. The van der Waals surface area contributed by atoms with Crippen LogP contribution in [0.15, 0.2) is 0 Å². The fraction of sp³-hybridized carbons (Fsp3) is 0.857. The number of rotatable bonds is 9. The molecule has 2 amide bonds. The van der Waals surface area contributed by atoms with Gasteiger partial charge in [-0.1, -0.05) is 27.7 Å². The van der Waals surface area contributed by atoms with E-state index in [0.717, 1.165) is 12.8 Å². The second-order valence-corrected chi connectivity index (χ2v) is 6.72. The minimum absolute atomic E-state index is 0.0219. The van der Waals surface area contributed by atoms with Crippen LogP contribution in [0.5, 0.6) is 0 Å². The number of carbonyl (C=O) groups is 2. The summed E-state index contributed by atoms with van der Waals surface area (Å²) in [4.78, 5) is 22.9. The van der Waals surface area contributed by atoms with E-state index >= 15 is 0 Å². The lowest BCUT2D eigenvalue weighted by Gasteiger charge is -2.30. The molecule has 0 fully saturated rings. The minimum Gasteiger partial charge on any atom is -0.480 e. The Hall–Kier alpha value is -0.910. The highest BCUT2D eigenvalue weighted by molar-refractivity contribution is 8.00. The average molecular weight is 304 g/mol. The van der Waals surface area contributed by atoms with Crippen molar-refractivity contribution in [1.82, 2.24) is 10.6 Å². The molecule has 0 bridgehead atoms. The van der Waals surface area contributed by atoms with Gasteiger partial charge in [0.15, 0.2) is 0 Å². The molecule has 0 aromatic rings. The van der Waals surface area contributed by atoms with E-state index in [1.165, 1.54) is 0 Å². The largest absolute Gasteiger partial charge is 0.480 e. The summed E-state index contributed by atoms with van der Waals surface area (Å²) < 4.78 is 0.0219. The van der Waals surface area contributed by atoms with E-state index in [1.54, 1.807) is 11.8 Å². The molecule has 20 heavy (non-hydrogen) atoms. The molecule has 0 spiro atoms. The molecular formula is C14H28N2O3S. The Morgan fingerprint density at radius 3 is 2.15 bits per heavy atom. The molecule has 3 N–H and O–H groups in total. The SMILES string of the molecule is CCC(CC)(CNC(=O)NC(CC(C)C)C(=O)O)SC. The summed E-state index contributed by atoms with van der Waals surface area (Å²) >= 11 is 1.74. The van der Waals surface area contributed by atoms with Gasteiger partial charge in [-0.25, -0.2) is 9.59 Å². The van der Waals surface area contributed by atoms with Crippen molar-refractivity contribution in [2.45, 2.75) is 57.7 Å². The first-order valence-electron chi connectivity index (χ1n) is 7.12. The lowest BCUT2D eigenvalue weighted by Crippen LogP contribution is -2.49. The number of carbonyl (C=O) groups excluding carboxylic acids is 1. The number of nitrogens with one attached hydrogen (secondary N) is 2. The molecular weight excluding hydrogens is 276 g/mol. The van der Waals surface area contributed by atoms with Gasteiger partial charge in [0.1, 0.15) is 6.04 Å². The smallest absolute Gasteiger partial charge is 0.326 e. The normalized spacial score (nSPS) is 13.1. The summed E-state index contributed by atoms with van der Waals surface area (Å²) in [6.45, 7) is 8.60. The van der Waals surface area contributed by atoms with Crippen molar-refractivity contribution in [1.29, 1.82) is 0 Å². The fourth-order valence-corrected chi connectivity index (χ4v) is 2.80. The first-order chi connectivity index (χ1) is 9.30. The predicted molar refractivity (Wildman–Crippen MR) is 84.2 cm³/mol. The van der Waals surface area contributed by atoms with Gasteiger partial charge in [-0.2, -0.15) is 11.8 Å². The third-order valence-electron chi connectivity index (χ3n) is 3.60. The van der Waals surface area contributed by atoms with Crippen molar-refractivity contribution < 1.29 is 14.7 Å². The van der Waals surface area contributed by atoms with Crippen molar-refractivity contribution in [3.05, 3.63) is 0 Å². The Bertz CT molecular complexity index is 309. The molecule has 5 nitrogen and oxygen atoms in total. The van der Waals surface area contributed by atoms with Gasteiger partial charge in [0.2, 0.25) is 0 Å².